The van der Waals surface area contributed by atoms with E-state index in [4.69, 9.17) is 0 Å². The topological polar surface area (TPSA) is 82.5 Å². The van der Waals surface area contributed by atoms with Crippen LogP contribution in [0.3, 0.4) is 0 Å². The Morgan fingerprint density at radius 2 is 2.21 bits per heavy atom. The van der Waals surface area contributed by atoms with Crippen molar-refractivity contribution in [2.24, 2.45) is 0 Å². The maximum absolute atomic E-state index is 11.8. The average Bonchev–Trinajstić information content (AvgIpc) is 2.59. The summed E-state index contributed by atoms with van der Waals surface area (Å²) >= 11 is 0. The number of carboxylic acid groups (broad SMARTS) is 1. The van der Waals surface area contributed by atoms with E-state index in [0.29, 0.717) is 18.5 Å². The fraction of sp³-hybridized carbons (Fsp3) is 0.462. The van der Waals surface area contributed by atoms with Crippen molar-refractivity contribution in [2.75, 3.05) is 18.9 Å². The molecule has 1 aromatic rings. The minimum atomic E-state index is -1.04. The van der Waals surface area contributed by atoms with Crippen LogP contribution in [-0.4, -0.2) is 46.5 Å². The smallest absolute Gasteiger partial charge is 0.339 e. The first-order valence-electron chi connectivity index (χ1n) is 6.13. The fourth-order valence-corrected chi connectivity index (χ4v) is 2.33. The minimum Gasteiger partial charge on any atom is -0.478 e. The summed E-state index contributed by atoms with van der Waals surface area (Å²) in [7, 11) is 1.73. The lowest BCUT2D eigenvalue weighted by atomic mass is 10.1. The average molecular weight is 263 g/mol. The molecule has 19 heavy (non-hydrogen) atoms. The van der Waals surface area contributed by atoms with E-state index in [1.54, 1.807) is 31.9 Å². The number of pyridine rings is 1. The van der Waals surface area contributed by atoms with Crippen LogP contribution in [0.2, 0.25) is 0 Å². The van der Waals surface area contributed by atoms with Gasteiger partial charge in [0, 0.05) is 19.3 Å². The van der Waals surface area contributed by atoms with Gasteiger partial charge in [-0.3, -0.25) is 4.79 Å². The molecule has 1 saturated heterocycles. The Hall–Kier alpha value is -2.11. The van der Waals surface area contributed by atoms with Crippen LogP contribution in [0.4, 0.5) is 5.82 Å². The number of hydrogen-bond donors (Lipinski definition) is 2. The lowest BCUT2D eigenvalue weighted by molar-refractivity contribution is -0.127. The van der Waals surface area contributed by atoms with Gasteiger partial charge in [-0.25, -0.2) is 9.78 Å². The summed E-state index contributed by atoms with van der Waals surface area (Å²) in [4.78, 5) is 29.0. The number of aromatic carboxylic acids is 1. The van der Waals surface area contributed by atoms with E-state index in [0.717, 1.165) is 5.69 Å². The first kappa shape index (κ1) is 13.3. The van der Waals surface area contributed by atoms with Crippen molar-refractivity contribution in [1.82, 2.24) is 9.88 Å². The maximum Gasteiger partial charge on any atom is 0.339 e. The van der Waals surface area contributed by atoms with Crippen molar-refractivity contribution in [2.45, 2.75) is 26.3 Å². The fourth-order valence-electron chi connectivity index (χ4n) is 2.33. The van der Waals surface area contributed by atoms with Crippen LogP contribution in [0.25, 0.3) is 0 Å². The molecule has 1 aliphatic heterocycles. The molecule has 0 aliphatic carbocycles. The molecule has 102 valence electrons. The van der Waals surface area contributed by atoms with E-state index < -0.39 is 12.0 Å². The number of carbonyl (C=O) groups excluding carboxylic acids is 1. The maximum atomic E-state index is 11.8. The molecular weight excluding hydrogens is 246 g/mol. The number of carboxylic acids is 1. The van der Waals surface area contributed by atoms with Crippen molar-refractivity contribution >= 4 is 17.7 Å². The Labute approximate surface area is 111 Å². The Morgan fingerprint density at radius 1 is 1.53 bits per heavy atom. The van der Waals surface area contributed by atoms with Crippen molar-refractivity contribution in [3.05, 3.63) is 22.9 Å². The highest BCUT2D eigenvalue weighted by Crippen LogP contribution is 2.22. The molecule has 6 heteroatoms. The van der Waals surface area contributed by atoms with Crippen LogP contribution in [0.1, 0.15) is 28.0 Å². The third kappa shape index (κ3) is 2.52. The summed E-state index contributed by atoms with van der Waals surface area (Å²) in [6, 6.07) is 1.33. The molecule has 1 atom stereocenters. The SMILES string of the molecule is Cc1cc(C)c(C(=O)O)c(NC2CCN(C)C2=O)n1. The van der Waals surface area contributed by atoms with Gasteiger partial charge >= 0.3 is 5.97 Å². The second kappa shape index (κ2) is 4.87. The van der Waals surface area contributed by atoms with Crippen molar-refractivity contribution in [3.63, 3.8) is 0 Å². The minimum absolute atomic E-state index is 0.0303. The Kier molecular flexibility index (Phi) is 3.42. The molecule has 1 fully saturated rings. The number of anilines is 1. The molecule has 0 radical (unpaired) electrons. The van der Waals surface area contributed by atoms with Crippen molar-refractivity contribution in [3.8, 4) is 0 Å². The molecule has 1 unspecified atom stereocenters. The Balaban J connectivity index is 2.34. The van der Waals surface area contributed by atoms with E-state index in [2.05, 4.69) is 10.3 Å². The van der Waals surface area contributed by atoms with E-state index in [9.17, 15) is 14.7 Å². The highest BCUT2D eigenvalue weighted by atomic mass is 16.4. The van der Waals surface area contributed by atoms with Gasteiger partial charge in [0.25, 0.3) is 0 Å². The lowest BCUT2D eigenvalue weighted by Gasteiger charge is -2.16. The number of hydrogen-bond acceptors (Lipinski definition) is 4. The lowest BCUT2D eigenvalue weighted by Crippen LogP contribution is -2.32. The van der Waals surface area contributed by atoms with E-state index >= 15 is 0 Å². The molecule has 0 bridgehead atoms. The van der Waals surface area contributed by atoms with Crippen LogP contribution in [0.5, 0.6) is 0 Å². The second-order valence-electron chi connectivity index (χ2n) is 4.85. The van der Waals surface area contributed by atoms with Gasteiger partial charge in [-0.2, -0.15) is 0 Å². The van der Waals surface area contributed by atoms with Crippen LogP contribution >= 0.6 is 0 Å². The molecular formula is C13H17N3O3. The van der Waals surface area contributed by atoms with Gasteiger partial charge in [0.1, 0.15) is 17.4 Å². The number of likely N-dealkylation sites (N-methyl/N-ethyl adjacent to an activating group) is 1. The summed E-state index contributed by atoms with van der Waals surface area (Å²) in [6.45, 7) is 4.20. The zero-order chi connectivity index (χ0) is 14.2. The number of nitrogens with zero attached hydrogens (tertiary/aromatic N) is 2. The molecule has 1 aliphatic rings. The number of aryl methyl sites for hydroxylation is 2. The number of nitrogens with one attached hydrogen (secondary N) is 1. The predicted molar refractivity (Wildman–Crippen MR) is 70.3 cm³/mol. The second-order valence-corrected chi connectivity index (χ2v) is 4.85. The van der Waals surface area contributed by atoms with Crippen molar-refractivity contribution < 1.29 is 14.7 Å². The van der Waals surface area contributed by atoms with Crippen molar-refractivity contribution in [1.29, 1.82) is 0 Å². The zero-order valence-electron chi connectivity index (χ0n) is 11.2. The molecule has 0 aromatic carbocycles. The summed E-state index contributed by atoms with van der Waals surface area (Å²) in [5.74, 6) is -0.790. The number of rotatable bonds is 3. The van der Waals surface area contributed by atoms with Crippen LogP contribution in [0.15, 0.2) is 6.07 Å². The highest BCUT2D eigenvalue weighted by molar-refractivity contribution is 5.96. The normalized spacial score (nSPS) is 18.8. The number of carbonyl (C=O) groups is 2. The van der Waals surface area contributed by atoms with E-state index in [-0.39, 0.29) is 17.3 Å². The third-order valence-corrected chi connectivity index (χ3v) is 3.30. The molecule has 2 heterocycles. The number of amides is 1. The van der Waals surface area contributed by atoms with Gasteiger partial charge in [0.05, 0.1) is 0 Å². The van der Waals surface area contributed by atoms with E-state index in [1.807, 2.05) is 0 Å². The Bertz CT molecular complexity index is 542. The zero-order valence-corrected chi connectivity index (χ0v) is 11.2. The number of likely N-dealkylation sites (tertiary alicyclic amines) is 1. The summed E-state index contributed by atoms with van der Waals surface area (Å²) in [5, 5.41) is 12.2. The summed E-state index contributed by atoms with van der Waals surface area (Å²) in [5.41, 5.74) is 1.50. The molecule has 0 spiro atoms. The van der Waals surface area contributed by atoms with E-state index in [1.165, 1.54) is 0 Å². The van der Waals surface area contributed by atoms with Gasteiger partial charge in [-0.1, -0.05) is 0 Å². The summed E-state index contributed by atoms with van der Waals surface area (Å²) < 4.78 is 0. The van der Waals surface area contributed by atoms with Crippen LogP contribution in [0, 0.1) is 13.8 Å². The van der Waals surface area contributed by atoms with Gasteiger partial charge < -0.3 is 15.3 Å². The molecule has 0 saturated carbocycles. The van der Waals surface area contributed by atoms with Gasteiger partial charge in [-0.05, 0) is 31.9 Å². The quantitative estimate of drug-likeness (QED) is 0.851. The van der Waals surface area contributed by atoms with Gasteiger partial charge in [0.15, 0.2) is 0 Å². The largest absolute Gasteiger partial charge is 0.478 e. The highest BCUT2D eigenvalue weighted by Gasteiger charge is 2.30. The predicted octanol–water partition coefficient (Wildman–Crippen LogP) is 1.04. The van der Waals surface area contributed by atoms with Crippen LogP contribution < -0.4 is 5.32 Å². The molecule has 1 aromatic heterocycles. The molecule has 1 amide bonds. The molecule has 2 N–H and O–H groups in total. The van der Waals surface area contributed by atoms with Crippen LogP contribution in [-0.2, 0) is 4.79 Å². The standard InChI is InChI=1S/C13H17N3O3/c1-7-6-8(2)14-11(10(7)13(18)19)15-9-4-5-16(3)12(9)17/h6,9H,4-5H2,1-3H3,(H,14,15)(H,18,19). The first-order chi connectivity index (χ1) is 8.90. The molecule has 2 rings (SSSR count). The number of aromatic nitrogens is 1. The monoisotopic (exact) mass is 263 g/mol. The Morgan fingerprint density at radius 3 is 2.74 bits per heavy atom. The van der Waals surface area contributed by atoms with Gasteiger partial charge in [0.2, 0.25) is 5.91 Å². The third-order valence-electron chi connectivity index (χ3n) is 3.30. The first-order valence-corrected chi connectivity index (χ1v) is 6.13. The van der Waals surface area contributed by atoms with Gasteiger partial charge in [-0.15, -0.1) is 0 Å². The summed E-state index contributed by atoms with van der Waals surface area (Å²) in [6.07, 6.45) is 0.656. The molecule has 6 nitrogen and oxygen atoms in total.